The zero-order valence-corrected chi connectivity index (χ0v) is 7.78. The fourth-order valence-electron chi connectivity index (χ4n) is 2.30. The van der Waals surface area contributed by atoms with Crippen LogP contribution in [0.3, 0.4) is 0 Å². The topological polar surface area (TPSA) is 75.6 Å². The van der Waals surface area contributed by atoms with Crippen molar-refractivity contribution in [3.05, 3.63) is 0 Å². The van der Waals surface area contributed by atoms with Gasteiger partial charge < -0.3 is 15.2 Å². The van der Waals surface area contributed by atoms with E-state index in [0.717, 1.165) is 6.42 Å². The quantitative estimate of drug-likeness (QED) is 0.653. The number of aliphatic carboxylic acids is 1. The Bertz CT molecular complexity index is 278. The van der Waals surface area contributed by atoms with E-state index in [9.17, 15) is 9.59 Å². The fraction of sp³-hybridized carbons (Fsp3) is 0.778. The van der Waals surface area contributed by atoms with E-state index in [0.29, 0.717) is 25.8 Å². The highest BCUT2D eigenvalue weighted by Crippen LogP contribution is 2.41. The predicted molar refractivity (Wildman–Crippen MR) is 46.8 cm³/mol. The molecule has 0 aromatic heterocycles. The average Bonchev–Trinajstić information content (AvgIpc) is 2.49. The van der Waals surface area contributed by atoms with Gasteiger partial charge in [0.25, 0.3) is 0 Å². The van der Waals surface area contributed by atoms with Crippen LogP contribution >= 0.6 is 0 Å². The lowest BCUT2D eigenvalue weighted by Gasteiger charge is -2.33. The summed E-state index contributed by atoms with van der Waals surface area (Å²) in [6, 6.07) is 0. The third-order valence-corrected chi connectivity index (χ3v) is 3.08. The van der Waals surface area contributed by atoms with Crippen molar-refractivity contribution in [2.24, 2.45) is 5.92 Å². The molecule has 0 aromatic carbocycles. The van der Waals surface area contributed by atoms with E-state index in [1.54, 1.807) is 0 Å². The normalized spacial score (nSPS) is 36.6. The Morgan fingerprint density at radius 2 is 2.36 bits per heavy atom. The Hall–Kier alpha value is -1.26. The van der Waals surface area contributed by atoms with Gasteiger partial charge in [-0.3, -0.25) is 4.79 Å². The number of carbonyl (C=O) groups is 2. The van der Waals surface area contributed by atoms with Crippen LogP contribution in [-0.2, 0) is 9.53 Å². The van der Waals surface area contributed by atoms with Gasteiger partial charge in [0.15, 0.2) is 0 Å². The first-order valence-corrected chi connectivity index (χ1v) is 4.81. The minimum Gasteiger partial charge on any atom is -0.481 e. The van der Waals surface area contributed by atoms with Crippen LogP contribution in [0.2, 0.25) is 0 Å². The molecule has 1 saturated heterocycles. The van der Waals surface area contributed by atoms with Gasteiger partial charge in [0.2, 0.25) is 0 Å². The van der Waals surface area contributed by atoms with Gasteiger partial charge in [-0.2, -0.15) is 0 Å². The van der Waals surface area contributed by atoms with Crippen molar-refractivity contribution in [3.8, 4) is 0 Å². The van der Waals surface area contributed by atoms with E-state index < -0.39 is 17.7 Å². The zero-order valence-electron chi connectivity index (χ0n) is 7.78. The van der Waals surface area contributed by atoms with E-state index >= 15 is 0 Å². The monoisotopic (exact) mass is 199 g/mol. The van der Waals surface area contributed by atoms with Crippen molar-refractivity contribution in [1.82, 2.24) is 5.32 Å². The van der Waals surface area contributed by atoms with Crippen LogP contribution in [0.1, 0.15) is 25.7 Å². The summed E-state index contributed by atoms with van der Waals surface area (Å²) in [7, 11) is 0. The van der Waals surface area contributed by atoms with Gasteiger partial charge in [0.1, 0.15) is 5.60 Å². The second-order valence-electron chi connectivity index (χ2n) is 4.03. The number of nitrogens with one attached hydrogen (secondary N) is 1. The molecule has 1 saturated carbocycles. The van der Waals surface area contributed by atoms with E-state index in [-0.39, 0.29) is 5.92 Å². The number of rotatable bonds is 1. The maximum absolute atomic E-state index is 11.0. The van der Waals surface area contributed by atoms with Crippen LogP contribution in [0.4, 0.5) is 4.79 Å². The van der Waals surface area contributed by atoms with Gasteiger partial charge in [-0.25, -0.2) is 4.79 Å². The second kappa shape index (κ2) is 3.15. The predicted octanol–water partition coefficient (Wildman–Crippen LogP) is 0.740. The number of carboxylic acids is 1. The Balaban J connectivity index is 2.04. The number of carbonyl (C=O) groups excluding carboxylic acids is 1. The first-order valence-electron chi connectivity index (χ1n) is 4.81. The summed E-state index contributed by atoms with van der Waals surface area (Å²) in [4.78, 5) is 21.8. The van der Waals surface area contributed by atoms with Gasteiger partial charge in [-0.15, -0.1) is 0 Å². The van der Waals surface area contributed by atoms with Crippen LogP contribution in [0.25, 0.3) is 0 Å². The number of hydrogen-bond acceptors (Lipinski definition) is 3. The lowest BCUT2D eigenvalue weighted by atomic mass is 9.95. The molecule has 1 amide bonds. The summed E-state index contributed by atoms with van der Waals surface area (Å²) in [5, 5.41) is 11.4. The summed E-state index contributed by atoms with van der Waals surface area (Å²) >= 11 is 0. The van der Waals surface area contributed by atoms with Crippen molar-refractivity contribution in [2.45, 2.75) is 31.3 Å². The first kappa shape index (κ1) is 9.30. The van der Waals surface area contributed by atoms with Gasteiger partial charge in [-0.1, -0.05) is 0 Å². The summed E-state index contributed by atoms with van der Waals surface area (Å²) in [6.07, 6.45) is 2.07. The Morgan fingerprint density at radius 3 is 2.93 bits per heavy atom. The van der Waals surface area contributed by atoms with Crippen LogP contribution in [-0.4, -0.2) is 29.3 Å². The Kier molecular flexibility index (Phi) is 2.09. The molecule has 2 fully saturated rings. The maximum Gasteiger partial charge on any atom is 0.407 e. The molecule has 2 atom stereocenters. The number of amides is 1. The molecule has 78 valence electrons. The minimum atomic E-state index is -0.781. The zero-order chi connectivity index (χ0) is 10.2. The molecule has 1 spiro atoms. The molecule has 5 heteroatoms. The minimum absolute atomic E-state index is 0.346. The Labute approximate surface area is 81.4 Å². The van der Waals surface area contributed by atoms with Crippen molar-refractivity contribution < 1.29 is 19.4 Å². The number of carboxylic acid groups (broad SMARTS) is 1. The maximum atomic E-state index is 11.0. The fourth-order valence-corrected chi connectivity index (χ4v) is 2.30. The summed E-state index contributed by atoms with van der Waals surface area (Å²) in [5.41, 5.74) is -0.495. The largest absolute Gasteiger partial charge is 0.481 e. The summed E-state index contributed by atoms with van der Waals surface area (Å²) in [5.74, 6) is -1.13. The average molecular weight is 199 g/mol. The molecule has 0 aromatic rings. The van der Waals surface area contributed by atoms with E-state index in [2.05, 4.69) is 5.32 Å². The van der Waals surface area contributed by atoms with E-state index in [1.165, 1.54) is 0 Å². The standard InChI is InChI=1S/C9H13NO4/c11-7(12)6-1-2-9(5-6)3-4-10-8(13)14-9/h6H,1-5H2,(H,10,13)(H,11,12)/t6-,9?/m1/s1. The van der Waals surface area contributed by atoms with Gasteiger partial charge in [0.05, 0.1) is 5.92 Å². The third-order valence-electron chi connectivity index (χ3n) is 3.08. The smallest absolute Gasteiger partial charge is 0.407 e. The highest BCUT2D eigenvalue weighted by atomic mass is 16.6. The number of alkyl carbamates (subject to hydrolysis) is 1. The van der Waals surface area contributed by atoms with Crippen molar-refractivity contribution in [3.63, 3.8) is 0 Å². The molecule has 2 rings (SSSR count). The number of hydrogen-bond donors (Lipinski definition) is 2. The summed E-state index contributed by atoms with van der Waals surface area (Å²) < 4.78 is 5.20. The molecule has 2 N–H and O–H groups in total. The van der Waals surface area contributed by atoms with Crippen LogP contribution in [0.15, 0.2) is 0 Å². The molecule has 1 heterocycles. The third kappa shape index (κ3) is 1.54. The van der Waals surface area contributed by atoms with E-state index in [4.69, 9.17) is 9.84 Å². The summed E-state index contributed by atoms with van der Waals surface area (Å²) in [6.45, 7) is 0.588. The van der Waals surface area contributed by atoms with Gasteiger partial charge in [0, 0.05) is 19.4 Å². The highest BCUT2D eigenvalue weighted by molar-refractivity contribution is 5.72. The van der Waals surface area contributed by atoms with Crippen molar-refractivity contribution in [1.29, 1.82) is 0 Å². The van der Waals surface area contributed by atoms with Crippen LogP contribution in [0, 0.1) is 5.92 Å². The molecule has 1 aliphatic carbocycles. The molecule has 5 nitrogen and oxygen atoms in total. The molecule has 1 unspecified atom stereocenters. The van der Waals surface area contributed by atoms with Crippen LogP contribution in [0.5, 0.6) is 0 Å². The molecular formula is C9H13NO4. The molecule has 0 radical (unpaired) electrons. The lowest BCUT2D eigenvalue weighted by molar-refractivity contribution is -0.142. The van der Waals surface area contributed by atoms with Gasteiger partial charge >= 0.3 is 12.1 Å². The molecular weight excluding hydrogens is 186 g/mol. The molecule has 1 aliphatic heterocycles. The van der Waals surface area contributed by atoms with Crippen LogP contribution < -0.4 is 5.32 Å². The van der Waals surface area contributed by atoms with Crippen molar-refractivity contribution >= 4 is 12.1 Å². The lowest BCUT2D eigenvalue weighted by Crippen LogP contribution is -2.46. The van der Waals surface area contributed by atoms with E-state index in [1.807, 2.05) is 0 Å². The van der Waals surface area contributed by atoms with Gasteiger partial charge in [-0.05, 0) is 12.8 Å². The Morgan fingerprint density at radius 1 is 1.57 bits per heavy atom. The molecule has 2 aliphatic rings. The second-order valence-corrected chi connectivity index (χ2v) is 4.03. The number of ether oxygens (including phenoxy) is 1. The SMILES string of the molecule is O=C1NCCC2(CC[C@@H](C(=O)O)C2)O1. The first-order chi connectivity index (χ1) is 6.61. The highest BCUT2D eigenvalue weighted by Gasteiger charge is 2.46. The molecule has 14 heavy (non-hydrogen) atoms. The molecule has 0 bridgehead atoms. The van der Waals surface area contributed by atoms with Crippen molar-refractivity contribution in [2.75, 3.05) is 6.54 Å².